The number of ketones is 1. The lowest BCUT2D eigenvalue weighted by molar-refractivity contribution is 0.101. The zero-order valence-electron chi connectivity index (χ0n) is 5.74. The highest BCUT2D eigenvalue weighted by molar-refractivity contribution is 14.0. The van der Waals surface area contributed by atoms with Gasteiger partial charge in [0.25, 0.3) is 0 Å². The molecule has 0 N–H and O–H groups in total. The Labute approximate surface area is 75.6 Å². The fraction of sp³-hybridized carbons (Fsp3) is 0.400. The van der Waals surface area contributed by atoms with Crippen molar-refractivity contribution in [2.45, 2.75) is 6.92 Å². The molecule has 5 heteroatoms. The molecule has 0 radical (unpaired) electrons. The standard InChI is InChI=1S/C5H7N3O.HI/c1-4(9)5-3-8(2)7-6-5;/h3H,1-2H3;1H. The summed E-state index contributed by atoms with van der Waals surface area (Å²) < 4.78 is 1.50. The van der Waals surface area contributed by atoms with E-state index in [9.17, 15) is 4.79 Å². The molecule has 0 aliphatic carbocycles. The van der Waals surface area contributed by atoms with Crippen LogP contribution in [0.2, 0.25) is 0 Å². The van der Waals surface area contributed by atoms with Crippen molar-refractivity contribution in [3.8, 4) is 0 Å². The Hall–Kier alpha value is -0.460. The lowest BCUT2D eigenvalue weighted by Gasteiger charge is -1.78. The number of Topliss-reactive ketones (excluding diaryl/α,β-unsaturated/α-hetero) is 1. The van der Waals surface area contributed by atoms with Crippen molar-refractivity contribution in [1.29, 1.82) is 0 Å². The van der Waals surface area contributed by atoms with E-state index in [4.69, 9.17) is 0 Å². The van der Waals surface area contributed by atoms with E-state index in [2.05, 4.69) is 10.3 Å². The number of halogens is 1. The number of nitrogens with zero attached hydrogens (tertiary/aromatic N) is 3. The van der Waals surface area contributed by atoms with E-state index >= 15 is 0 Å². The number of carbonyl (C=O) groups is 1. The predicted molar refractivity (Wildman–Crippen MR) is 46.4 cm³/mol. The molecule has 0 saturated heterocycles. The van der Waals surface area contributed by atoms with Gasteiger partial charge in [-0.2, -0.15) is 0 Å². The number of aromatic nitrogens is 3. The van der Waals surface area contributed by atoms with Gasteiger partial charge in [-0.05, 0) is 0 Å². The van der Waals surface area contributed by atoms with Gasteiger partial charge in [0.1, 0.15) is 5.69 Å². The summed E-state index contributed by atoms with van der Waals surface area (Å²) in [6.07, 6.45) is 1.59. The lowest BCUT2D eigenvalue weighted by atomic mass is 10.3. The van der Waals surface area contributed by atoms with Crippen LogP contribution in [0.5, 0.6) is 0 Å². The molecule has 1 heterocycles. The van der Waals surface area contributed by atoms with Gasteiger partial charge in [0.05, 0.1) is 6.20 Å². The van der Waals surface area contributed by atoms with E-state index in [1.807, 2.05) is 0 Å². The summed E-state index contributed by atoms with van der Waals surface area (Å²) in [6.45, 7) is 1.46. The van der Waals surface area contributed by atoms with Crippen molar-refractivity contribution in [2.75, 3.05) is 0 Å². The molecular formula is C5H8IN3O. The Kier molecular flexibility index (Phi) is 3.48. The maximum atomic E-state index is 10.5. The van der Waals surface area contributed by atoms with E-state index in [0.29, 0.717) is 5.69 Å². The highest BCUT2D eigenvalue weighted by Crippen LogP contribution is 1.90. The molecule has 0 aliphatic rings. The van der Waals surface area contributed by atoms with E-state index in [1.54, 1.807) is 13.2 Å². The Bertz CT molecular complexity index is 233. The van der Waals surface area contributed by atoms with Crippen molar-refractivity contribution in [1.82, 2.24) is 15.0 Å². The van der Waals surface area contributed by atoms with Gasteiger partial charge in [0.2, 0.25) is 0 Å². The third kappa shape index (κ3) is 2.05. The normalized spacial score (nSPS) is 8.60. The maximum Gasteiger partial charge on any atom is 0.181 e. The van der Waals surface area contributed by atoms with Crippen molar-refractivity contribution >= 4 is 29.8 Å². The average molecular weight is 253 g/mol. The minimum Gasteiger partial charge on any atom is -0.293 e. The largest absolute Gasteiger partial charge is 0.293 e. The van der Waals surface area contributed by atoms with Crippen LogP contribution in [0.3, 0.4) is 0 Å². The first-order valence-corrected chi connectivity index (χ1v) is 2.57. The third-order valence-electron chi connectivity index (χ3n) is 0.963. The van der Waals surface area contributed by atoms with E-state index < -0.39 is 0 Å². The molecule has 0 aromatic carbocycles. The molecule has 0 fully saturated rings. The van der Waals surface area contributed by atoms with Crippen LogP contribution in [0.15, 0.2) is 6.20 Å². The second-order valence-electron chi connectivity index (χ2n) is 1.83. The number of rotatable bonds is 1. The summed E-state index contributed by atoms with van der Waals surface area (Å²) in [5, 5.41) is 7.16. The molecule has 0 unspecified atom stereocenters. The molecule has 0 amide bonds. The van der Waals surface area contributed by atoms with Gasteiger partial charge in [-0.3, -0.25) is 9.48 Å². The van der Waals surface area contributed by atoms with Gasteiger partial charge in [0.15, 0.2) is 5.78 Å². The summed E-state index contributed by atoms with van der Waals surface area (Å²) in [4.78, 5) is 10.5. The molecule has 0 spiro atoms. The zero-order chi connectivity index (χ0) is 6.85. The van der Waals surface area contributed by atoms with Crippen LogP contribution < -0.4 is 0 Å². The Morgan fingerprint density at radius 2 is 2.30 bits per heavy atom. The van der Waals surface area contributed by atoms with Crippen LogP contribution in [0.4, 0.5) is 0 Å². The minimum absolute atomic E-state index is 0. The van der Waals surface area contributed by atoms with Crippen LogP contribution in [0, 0.1) is 0 Å². The maximum absolute atomic E-state index is 10.5. The van der Waals surface area contributed by atoms with Gasteiger partial charge < -0.3 is 0 Å². The Morgan fingerprint density at radius 3 is 2.50 bits per heavy atom. The van der Waals surface area contributed by atoms with Gasteiger partial charge in [-0.15, -0.1) is 29.1 Å². The molecule has 4 nitrogen and oxygen atoms in total. The SMILES string of the molecule is CC(=O)c1cn(C)nn1.I. The second-order valence-corrected chi connectivity index (χ2v) is 1.83. The first kappa shape index (κ1) is 9.54. The molecule has 56 valence electrons. The fourth-order valence-corrected chi connectivity index (χ4v) is 0.509. The van der Waals surface area contributed by atoms with Crippen molar-refractivity contribution in [2.24, 2.45) is 7.05 Å². The van der Waals surface area contributed by atoms with Crippen molar-refractivity contribution in [3.63, 3.8) is 0 Å². The number of hydrogen-bond acceptors (Lipinski definition) is 3. The first-order chi connectivity index (χ1) is 4.20. The van der Waals surface area contributed by atoms with Gasteiger partial charge >= 0.3 is 0 Å². The van der Waals surface area contributed by atoms with Crippen LogP contribution >= 0.6 is 24.0 Å². The molecule has 0 bridgehead atoms. The number of carbonyl (C=O) groups excluding carboxylic acids is 1. The van der Waals surface area contributed by atoms with Crippen molar-refractivity contribution in [3.05, 3.63) is 11.9 Å². The van der Waals surface area contributed by atoms with Crippen LogP contribution in [-0.4, -0.2) is 20.8 Å². The highest BCUT2D eigenvalue weighted by Gasteiger charge is 2.01. The van der Waals surface area contributed by atoms with Crippen LogP contribution in [-0.2, 0) is 7.05 Å². The summed E-state index contributed by atoms with van der Waals surface area (Å²) in [5.74, 6) is -0.0527. The number of hydrogen-bond donors (Lipinski definition) is 0. The molecule has 10 heavy (non-hydrogen) atoms. The van der Waals surface area contributed by atoms with Crippen LogP contribution in [0.1, 0.15) is 17.4 Å². The molecule has 0 atom stereocenters. The summed E-state index contributed by atoms with van der Waals surface area (Å²) in [7, 11) is 1.72. The van der Waals surface area contributed by atoms with Crippen molar-refractivity contribution < 1.29 is 4.79 Å². The topological polar surface area (TPSA) is 47.8 Å². The monoisotopic (exact) mass is 253 g/mol. The molecule has 1 aromatic rings. The number of aryl methyl sites for hydroxylation is 1. The quantitative estimate of drug-likeness (QED) is 0.545. The third-order valence-corrected chi connectivity index (χ3v) is 0.963. The molecule has 0 saturated carbocycles. The first-order valence-electron chi connectivity index (χ1n) is 2.57. The summed E-state index contributed by atoms with van der Waals surface area (Å²) in [5.41, 5.74) is 0.414. The minimum atomic E-state index is -0.0527. The molecular weight excluding hydrogens is 245 g/mol. The second kappa shape index (κ2) is 3.65. The van der Waals surface area contributed by atoms with Gasteiger partial charge in [-0.25, -0.2) is 0 Å². The smallest absolute Gasteiger partial charge is 0.181 e. The average Bonchev–Trinajstić information content (AvgIpc) is 2.14. The van der Waals surface area contributed by atoms with Gasteiger partial charge in [0, 0.05) is 14.0 Å². The fourth-order valence-electron chi connectivity index (χ4n) is 0.509. The molecule has 0 aliphatic heterocycles. The predicted octanol–water partition coefficient (Wildman–Crippen LogP) is 0.636. The van der Waals surface area contributed by atoms with E-state index in [-0.39, 0.29) is 29.8 Å². The Morgan fingerprint density at radius 1 is 1.70 bits per heavy atom. The highest BCUT2D eigenvalue weighted by atomic mass is 127. The van der Waals surface area contributed by atoms with E-state index in [1.165, 1.54) is 11.6 Å². The lowest BCUT2D eigenvalue weighted by Crippen LogP contribution is -1.90. The van der Waals surface area contributed by atoms with Crippen LogP contribution in [0.25, 0.3) is 0 Å². The molecule has 1 rings (SSSR count). The summed E-state index contributed by atoms with van der Waals surface area (Å²) >= 11 is 0. The van der Waals surface area contributed by atoms with Gasteiger partial charge in [-0.1, -0.05) is 5.21 Å². The Balaban J connectivity index is 0.000000810. The summed E-state index contributed by atoms with van der Waals surface area (Å²) in [6, 6.07) is 0. The van der Waals surface area contributed by atoms with E-state index in [0.717, 1.165) is 0 Å². The molecule has 1 aromatic heterocycles. The zero-order valence-corrected chi connectivity index (χ0v) is 8.07.